The Morgan fingerprint density at radius 2 is 1.78 bits per heavy atom. The quantitative estimate of drug-likeness (QED) is 0.860. The van der Waals surface area contributed by atoms with Gasteiger partial charge in [0.05, 0.1) is 11.3 Å². The number of carbonyl (C=O) groups is 2. The van der Waals surface area contributed by atoms with E-state index in [9.17, 15) is 9.59 Å². The number of hydrogen-bond acceptors (Lipinski definition) is 5. The second kappa shape index (κ2) is 6.76. The fraction of sp³-hybridized carbons (Fsp3) is 0.294. The highest BCUT2D eigenvalue weighted by Gasteiger charge is 2.21. The molecule has 120 valence electrons. The van der Waals surface area contributed by atoms with Crippen molar-refractivity contribution in [3.8, 4) is 0 Å². The molecule has 1 aliphatic rings. The fourth-order valence-electron chi connectivity index (χ4n) is 2.54. The number of carbonyl (C=O) groups excluding carboxylic acids is 2. The molecule has 1 aliphatic heterocycles. The van der Waals surface area contributed by atoms with Crippen molar-refractivity contribution in [3.63, 3.8) is 0 Å². The van der Waals surface area contributed by atoms with Crippen LogP contribution in [0.5, 0.6) is 0 Å². The molecule has 0 spiro atoms. The summed E-state index contributed by atoms with van der Waals surface area (Å²) < 4.78 is 1.66. The van der Waals surface area contributed by atoms with E-state index in [2.05, 4.69) is 5.32 Å². The third-order valence-corrected chi connectivity index (χ3v) is 3.80. The lowest BCUT2D eigenvalue weighted by Gasteiger charge is -2.25. The minimum atomic E-state index is -0.436. The number of hydrogen-bond donors (Lipinski definition) is 1. The first kappa shape index (κ1) is 15.5. The Morgan fingerprint density at radius 1 is 1.09 bits per heavy atom. The molecule has 3 rings (SSSR count). The van der Waals surface area contributed by atoms with Crippen LogP contribution >= 0.6 is 0 Å². The van der Waals surface area contributed by atoms with Crippen molar-refractivity contribution < 1.29 is 14.4 Å². The molecule has 23 heavy (non-hydrogen) atoms. The first-order valence-corrected chi connectivity index (χ1v) is 7.59. The first-order chi connectivity index (χ1) is 11.1. The van der Waals surface area contributed by atoms with E-state index in [-0.39, 0.29) is 5.78 Å². The Balaban J connectivity index is 1.75. The molecule has 6 nitrogen and oxygen atoms in total. The average molecular weight is 313 g/mol. The summed E-state index contributed by atoms with van der Waals surface area (Å²) in [5.41, 5.74) is 1.43. The molecule has 1 aromatic carbocycles. The second-order valence-electron chi connectivity index (χ2n) is 5.48. The molecule has 2 aromatic rings. The van der Waals surface area contributed by atoms with Crippen LogP contribution in [0.2, 0.25) is 0 Å². The molecule has 1 saturated heterocycles. The van der Waals surface area contributed by atoms with Gasteiger partial charge in [0.25, 0.3) is 0 Å². The predicted molar refractivity (Wildman–Crippen MR) is 85.1 cm³/mol. The van der Waals surface area contributed by atoms with Crippen molar-refractivity contribution in [1.29, 1.82) is 0 Å². The maximum atomic E-state index is 12.5. The van der Waals surface area contributed by atoms with E-state index in [0.29, 0.717) is 29.9 Å². The molecule has 0 radical (unpaired) electrons. The average Bonchev–Trinajstić information content (AvgIpc) is 2.98. The molecule has 0 unspecified atom stereocenters. The molecule has 0 saturated carbocycles. The van der Waals surface area contributed by atoms with Crippen molar-refractivity contribution in [3.05, 3.63) is 59.4 Å². The lowest BCUT2D eigenvalue weighted by atomic mass is 10.1. The number of aryl methyl sites for hydroxylation is 1. The maximum Gasteiger partial charge on any atom is 0.358 e. The summed E-state index contributed by atoms with van der Waals surface area (Å²) in [7, 11) is 1.75. The van der Waals surface area contributed by atoms with E-state index in [1.165, 1.54) is 0 Å². The molecule has 6 heteroatoms. The number of piperazine rings is 1. The topological polar surface area (TPSA) is 63.6 Å². The number of benzene rings is 1. The van der Waals surface area contributed by atoms with Gasteiger partial charge in [-0.2, -0.15) is 0 Å². The first-order valence-electron chi connectivity index (χ1n) is 7.59. The summed E-state index contributed by atoms with van der Waals surface area (Å²) in [6.45, 7) is 2.91. The summed E-state index contributed by atoms with van der Waals surface area (Å²) in [6, 6.07) is 10.6. The van der Waals surface area contributed by atoms with Gasteiger partial charge in [0, 0.05) is 45.0 Å². The van der Waals surface area contributed by atoms with Crippen LogP contribution in [0.3, 0.4) is 0 Å². The monoisotopic (exact) mass is 313 g/mol. The van der Waals surface area contributed by atoms with Gasteiger partial charge in [-0.3, -0.25) is 4.79 Å². The van der Waals surface area contributed by atoms with Crippen LogP contribution in [0.15, 0.2) is 42.6 Å². The van der Waals surface area contributed by atoms with Crippen LogP contribution in [-0.2, 0) is 11.9 Å². The normalized spacial score (nSPS) is 15.3. The molecule has 0 aliphatic carbocycles. The van der Waals surface area contributed by atoms with Crippen molar-refractivity contribution in [2.24, 2.45) is 7.05 Å². The Morgan fingerprint density at radius 3 is 2.48 bits per heavy atom. The summed E-state index contributed by atoms with van der Waals surface area (Å²) in [5.74, 6) is -0.552. The molecular weight excluding hydrogens is 294 g/mol. The highest BCUT2D eigenvalue weighted by atomic mass is 16.7. The van der Waals surface area contributed by atoms with Gasteiger partial charge in [-0.1, -0.05) is 30.3 Å². The lowest BCUT2D eigenvalue weighted by Crippen LogP contribution is -2.44. The lowest BCUT2D eigenvalue weighted by molar-refractivity contribution is -0.115. The van der Waals surface area contributed by atoms with E-state index in [1.807, 2.05) is 18.2 Å². The van der Waals surface area contributed by atoms with Gasteiger partial charge in [-0.05, 0) is 6.07 Å². The van der Waals surface area contributed by atoms with Gasteiger partial charge < -0.3 is 14.7 Å². The largest absolute Gasteiger partial charge is 0.364 e. The van der Waals surface area contributed by atoms with Crippen molar-refractivity contribution in [2.45, 2.75) is 0 Å². The zero-order valence-corrected chi connectivity index (χ0v) is 13.0. The van der Waals surface area contributed by atoms with Crippen LogP contribution in [-0.4, -0.2) is 47.6 Å². The van der Waals surface area contributed by atoms with Gasteiger partial charge in [0.2, 0.25) is 5.78 Å². The van der Waals surface area contributed by atoms with Crippen molar-refractivity contribution in [1.82, 2.24) is 14.9 Å². The van der Waals surface area contributed by atoms with Crippen LogP contribution in [0, 0.1) is 0 Å². The smallest absolute Gasteiger partial charge is 0.358 e. The Bertz CT molecular complexity index is 703. The van der Waals surface area contributed by atoms with Crippen molar-refractivity contribution >= 4 is 11.8 Å². The molecule has 0 amide bonds. The zero-order valence-electron chi connectivity index (χ0n) is 13.0. The third-order valence-electron chi connectivity index (χ3n) is 3.80. The molecule has 0 atom stereocenters. The van der Waals surface area contributed by atoms with Crippen LogP contribution in [0.1, 0.15) is 26.4 Å². The summed E-state index contributed by atoms with van der Waals surface area (Å²) in [6.07, 6.45) is 1.63. The summed E-state index contributed by atoms with van der Waals surface area (Å²) in [5, 5.41) is 4.84. The molecule has 0 bridgehead atoms. The Labute approximate surface area is 134 Å². The van der Waals surface area contributed by atoms with Gasteiger partial charge in [0.1, 0.15) is 0 Å². The zero-order chi connectivity index (χ0) is 16.2. The number of aromatic nitrogens is 1. The van der Waals surface area contributed by atoms with E-state index in [0.717, 1.165) is 13.1 Å². The predicted octanol–water partition coefficient (Wildman–Crippen LogP) is 1.23. The number of nitrogens with one attached hydrogen (secondary N) is 1. The highest BCUT2D eigenvalue weighted by Crippen LogP contribution is 2.14. The highest BCUT2D eigenvalue weighted by molar-refractivity contribution is 6.09. The minimum Gasteiger partial charge on any atom is -0.364 e. The maximum absolute atomic E-state index is 12.5. The Hall–Kier alpha value is -2.44. The second-order valence-corrected chi connectivity index (χ2v) is 5.48. The number of ketones is 1. The summed E-state index contributed by atoms with van der Waals surface area (Å²) in [4.78, 5) is 30.1. The third kappa shape index (κ3) is 3.49. The van der Waals surface area contributed by atoms with E-state index in [4.69, 9.17) is 4.84 Å². The van der Waals surface area contributed by atoms with Crippen LogP contribution in [0.25, 0.3) is 0 Å². The van der Waals surface area contributed by atoms with E-state index < -0.39 is 5.97 Å². The SMILES string of the molecule is Cn1cc(C(=O)ON2CCNCC2)cc1C(=O)c1ccccc1. The molecule has 1 N–H and O–H groups in total. The van der Waals surface area contributed by atoms with E-state index >= 15 is 0 Å². The standard InChI is InChI=1S/C17H19N3O3/c1-19-12-14(17(22)23-20-9-7-18-8-10-20)11-15(19)16(21)13-5-3-2-4-6-13/h2-6,11-12,18H,7-10H2,1H3. The van der Waals surface area contributed by atoms with Gasteiger partial charge in [0.15, 0.2) is 0 Å². The minimum absolute atomic E-state index is 0.116. The van der Waals surface area contributed by atoms with Crippen molar-refractivity contribution in [2.75, 3.05) is 26.2 Å². The molecule has 1 fully saturated rings. The van der Waals surface area contributed by atoms with Crippen LogP contribution < -0.4 is 5.32 Å². The molecule has 2 heterocycles. The van der Waals surface area contributed by atoms with Gasteiger partial charge in [-0.15, -0.1) is 5.06 Å². The molecular formula is C17H19N3O3. The summed E-state index contributed by atoms with van der Waals surface area (Å²) >= 11 is 0. The number of rotatable bonds is 4. The number of nitrogens with zero attached hydrogens (tertiary/aromatic N) is 2. The Kier molecular flexibility index (Phi) is 4.55. The number of hydroxylamine groups is 2. The van der Waals surface area contributed by atoms with E-state index in [1.54, 1.807) is 41.1 Å². The fourth-order valence-corrected chi connectivity index (χ4v) is 2.54. The van der Waals surface area contributed by atoms with Crippen LogP contribution in [0.4, 0.5) is 0 Å². The molecule has 1 aromatic heterocycles. The van der Waals surface area contributed by atoms with Gasteiger partial charge >= 0.3 is 5.97 Å². The van der Waals surface area contributed by atoms with Gasteiger partial charge in [-0.25, -0.2) is 4.79 Å².